The molecule has 3 N–H and O–H groups in total. The van der Waals surface area contributed by atoms with Gasteiger partial charge in [0, 0.05) is 24.2 Å². The lowest BCUT2D eigenvalue weighted by Crippen LogP contribution is -2.53. The van der Waals surface area contributed by atoms with Gasteiger partial charge >= 0.3 is 0 Å². The van der Waals surface area contributed by atoms with Crippen LogP contribution in [0.4, 0.5) is 5.69 Å². The number of amides is 1. The van der Waals surface area contributed by atoms with Crippen LogP contribution in [0.25, 0.3) is 0 Å². The van der Waals surface area contributed by atoms with Crippen molar-refractivity contribution in [3.05, 3.63) is 23.8 Å². The number of aliphatic hydroxyl groups is 1. The fourth-order valence-corrected chi connectivity index (χ4v) is 2.62. The van der Waals surface area contributed by atoms with Crippen LogP contribution in [0.1, 0.15) is 46.2 Å². The van der Waals surface area contributed by atoms with E-state index in [1.165, 1.54) is 6.92 Å². The van der Waals surface area contributed by atoms with Gasteiger partial charge in [-0.25, -0.2) is 0 Å². The lowest BCUT2D eigenvalue weighted by molar-refractivity contribution is -0.114. The molecule has 0 fully saturated rings. The Morgan fingerprint density at radius 3 is 2.55 bits per heavy atom. The average molecular weight is 329 g/mol. The van der Waals surface area contributed by atoms with Crippen LogP contribution in [0.5, 0.6) is 5.75 Å². The number of nitrogens with one attached hydrogen (secondary N) is 2. The third-order valence-electron chi connectivity index (χ3n) is 3.58. The maximum absolute atomic E-state index is 11.2. The van der Waals surface area contributed by atoms with Crippen LogP contribution in [0.15, 0.2) is 18.2 Å². The van der Waals surface area contributed by atoms with Gasteiger partial charge in [-0.3, -0.25) is 4.79 Å². The number of benzene rings is 1. The van der Waals surface area contributed by atoms with Crippen molar-refractivity contribution < 1.29 is 14.6 Å². The van der Waals surface area contributed by atoms with E-state index in [2.05, 4.69) is 10.6 Å². The van der Waals surface area contributed by atoms with Gasteiger partial charge in [0.05, 0.1) is 6.04 Å². The Morgan fingerprint density at radius 1 is 1.36 bits per heavy atom. The van der Waals surface area contributed by atoms with E-state index >= 15 is 0 Å². The lowest BCUT2D eigenvalue weighted by atomic mass is 9.86. The van der Waals surface area contributed by atoms with Crippen molar-refractivity contribution >= 4 is 24.0 Å². The first-order valence-corrected chi connectivity index (χ1v) is 7.25. The topological polar surface area (TPSA) is 70.6 Å². The van der Waals surface area contributed by atoms with E-state index in [-0.39, 0.29) is 30.4 Å². The molecule has 22 heavy (non-hydrogen) atoms. The lowest BCUT2D eigenvalue weighted by Gasteiger charge is -2.43. The van der Waals surface area contributed by atoms with Crippen molar-refractivity contribution in [2.75, 3.05) is 5.32 Å². The van der Waals surface area contributed by atoms with Crippen LogP contribution in [-0.2, 0) is 4.79 Å². The molecule has 2 unspecified atom stereocenters. The molecule has 0 radical (unpaired) electrons. The second-order valence-electron chi connectivity index (χ2n) is 6.38. The summed E-state index contributed by atoms with van der Waals surface area (Å²) in [5, 5.41) is 16.7. The van der Waals surface area contributed by atoms with E-state index in [1.807, 2.05) is 39.8 Å². The van der Waals surface area contributed by atoms with Crippen LogP contribution in [0.2, 0.25) is 0 Å². The number of ether oxygens (including phenoxy) is 1. The molecule has 0 saturated carbocycles. The molecule has 1 heterocycles. The molecule has 0 bridgehead atoms. The zero-order chi connectivity index (χ0) is 15.8. The average Bonchev–Trinajstić information content (AvgIpc) is 2.34. The first-order chi connectivity index (χ1) is 9.70. The summed E-state index contributed by atoms with van der Waals surface area (Å²) in [4.78, 5) is 11.2. The Labute approximate surface area is 137 Å². The molecule has 1 aliphatic rings. The van der Waals surface area contributed by atoms with E-state index in [1.54, 1.807) is 6.07 Å². The minimum Gasteiger partial charge on any atom is -0.485 e. The largest absolute Gasteiger partial charge is 0.485 e. The zero-order valence-corrected chi connectivity index (χ0v) is 14.5. The summed E-state index contributed by atoms with van der Waals surface area (Å²) in [5.41, 5.74) is 0.892. The monoisotopic (exact) mass is 328 g/mol. The fourth-order valence-electron chi connectivity index (χ4n) is 2.62. The van der Waals surface area contributed by atoms with Crippen LogP contribution >= 0.6 is 12.4 Å². The van der Waals surface area contributed by atoms with Crippen LogP contribution in [0, 0.1) is 0 Å². The van der Waals surface area contributed by atoms with Gasteiger partial charge in [0.25, 0.3) is 0 Å². The van der Waals surface area contributed by atoms with Crippen LogP contribution in [0.3, 0.4) is 0 Å². The molecular formula is C16H25ClN2O3. The highest BCUT2D eigenvalue weighted by molar-refractivity contribution is 5.88. The molecule has 5 nitrogen and oxygen atoms in total. The molecule has 0 saturated heterocycles. The first-order valence-electron chi connectivity index (χ1n) is 7.25. The van der Waals surface area contributed by atoms with Gasteiger partial charge in [-0.15, -0.1) is 12.4 Å². The Balaban J connectivity index is 0.00000242. The van der Waals surface area contributed by atoms with Crippen molar-refractivity contribution in [3.8, 4) is 5.75 Å². The summed E-state index contributed by atoms with van der Waals surface area (Å²) in [6.07, 6.45) is -0.681. The SMILES string of the molecule is CC(=O)Nc1ccc2c(c1)C(NC(C)C)C(O)C(C)(C)O2.Cl. The number of carbonyl (C=O) groups is 1. The van der Waals surface area contributed by atoms with E-state index in [9.17, 15) is 9.90 Å². The second kappa shape index (κ2) is 6.86. The van der Waals surface area contributed by atoms with Gasteiger partial charge in [-0.05, 0) is 32.0 Å². The van der Waals surface area contributed by atoms with Crippen LogP contribution < -0.4 is 15.4 Å². The summed E-state index contributed by atoms with van der Waals surface area (Å²) >= 11 is 0. The number of carbonyl (C=O) groups excluding carboxylic acids is 1. The molecule has 1 aliphatic heterocycles. The summed E-state index contributed by atoms with van der Waals surface area (Å²) < 4.78 is 5.90. The van der Waals surface area contributed by atoms with Gasteiger partial charge in [-0.1, -0.05) is 13.8 Å². The van der Waals surface area contributed by atoms with Crippen molar-refractivity contribution in [1.29, 1.82) is 0 Å². The number of aliphatic hydroxyl groups excluding tert-OH is 1. The third-order valence-corrected chi connectivity index (χ3v) is 3.58. The summed E-state index contributed by atoms with van der Waals surface area (Å²) in [5.74, 6) is 0.610. The Morgan fingerprint density at radius 2 is 2.00 bits per heavy atom. The van der Waals surface area contributed by atoms with Gasteiger partial charge in [-0.2, -0.15) is 0 Å². The van der Waals surface area contributed by atoms with Gasteiger partial charge in [0.15, 0.2) is 0 Å². The molecule has 2 atom stereocenters. The Bertz CT molecular complexity index is 546. The second-order valence-corrected chi connectivity index (χ2v) is 6.38. The molecule has 2 rings (SSSR count). The smallest absolute Gasteiger partial charge is 0.221 e. The molecule has 0 aliphatic carbocycles. The summed E-state index contributed by atoms with van der Waals surface area (Å²) in [6, 6.07) is 5.48. The number of fused-ring (bicyclic) bond motifs is 1. The molecule has 0 aromatic heterocycles. The third kappa shape index (κ3) is 3.91. The molecule has 1 amide bonds. The van der Waals surface area contributed by atoms with Gasteiger partial charge in [0.1, 0.15) is 17.5 Å². The summed E-state index contributed by atoms with van der Waals surface area (Å²) in [6.45, 7) is 9.28. The highest BCUT2D eigenvalue weighted by Gasteiger charge is 2.43. The predicted octanol–water partition coefficient (Wildman–Crippen LogP) is 2.64. The standard InChI is InChI=1S/C16H24N2O3.ClH/c1-9(2)17-14-12-8-11(18-10(3)19)6-7-13(12)21-16(4,5)15(14)20;/h6-9,14-15,17,20H,1-5H3,(H,18,19);1H. The number of rotatable bonds is 3. The maximum atomic E-state index is 11.2. The van der Waals surface area contributed by atoms with E-state index in [0.717, 1.165) is 11.3 Å². The quantitative estimate of drug-likeness (QED) is 0.797. The fraction of sp³-hybridized carbons (Fsp3) is 0.562. The van der Waals surface area contributed by atoms with Gasteiger partial charge < -0.3 is 20.5 Å². The van der Waals surface area contributed by atoms with Crippen molar-refractivity contribution in [2.24, 2.45) is 0 Å². The molecule has 0 spiro atoms. The molecule has 1 aromatic rings. The van der Waals surface area contributed by atoms with Crippen molar-refractivity contribution in [2.45, 2.75) is 58.4 Å². The Kier molecular flexibility index (Phi) is 5.84. The number of anilines is 1. The molecule has 1 aromatic carbocycles. The number of hydrogen-bond acceptors (Lipinski definition) is 4. The normalized spacial score (nSPS) is 22.3. The van der Waals surface area contributed by atoms with Crippen molar-refractivity contribution in [1.82, 2.24) is 5.32 Å². The predicted molar refractivity (Wildman–Crippen MR) is 89.7 cm³/mol. The highest BCUT2D eigenvalue weighted by Crippen LogP contribution is 2.41. The van der Waals surface area contributed by atoms with E-state index in [0.29, 0.717) is 5.69 Å². The zero-order valence-electron chi connectivity index (χ0n) is 13.6. The first kappa shape index (κ1) is 18.7. The van der Waals surface area contributed by atoms with E-state index < -0.39 is 11.7 Å². The minimum atomic E-state index is -0.681. The highest BCUT2D eigenvalue weighted by atomic mass is 35.5. The minimum absolute atomic E-state index is 0. The molecule has 6 heteroatoms. The Hall–Kier alpha value is -1.30. The number of hydrogen-bond donors (Lipinski definition) is 3. The molecule has 124 valence electrons. The van der Waals surface area contributed by atoms with Crippen LogP contribution in [-0.4, -0.2) is 28.8 Å². The van der Waals surface area contributed by atoms with E-state index in [4.69, 9.17) is 4.74 Å². The number of halogens is 1. The van der Waals surface area contributed by atoms with Crippen molar-refractivity contribution in [3.63, 3.8) is 0 Å². The summed E-state index contributed by atoms with van der Waals surface area (Å²) in [7, 11) is 0. The van der Waals surface area contributed by atoms with Gasteiger partial charge in [0.2, 0.25) is 5.91 Å². The molecular weight excluding hydrogens is 304 g/mol. The maximum Gasteiger partial charge on any atom is 0.221 e.